The number of hydrazone groups is 1. The fraction of sp³-hybridized carbons (Fsp3) is 0.364. The lowest BCUT2D eigenvalue weighted by molar-refractivity contribution is -0.156. The normalized spacial score (nSPS) is 18.9. The SMILES string of the molecule is Cc1ccc(Cl)cc1C1=NN(C(=O)C(C)C)C(CCCN)(c2ccccc2)O1. The molecule has 1 unspecified atom stereocenters. The molecule has 1 amide bonds. The van der Waals surface area contributed by atoms with E-state index in [1.54, 1.807) is 0 Å². The number of rotatable bonds is 6. The lowest BCUT2D eigenvalue weighted by Gasteiger charge is -2.36. The van der Waals surface area contributed by atoms with Gasteiger partial charge in [0, 0.05) is 28.5 Å². The van der Waals surface area contributed by atoms with E-state index in [4.69, 9.17) is 22.1 Å². The fourth-order valence-electron chi connectivity index (χ4n) is 3.32. The first-order valence-electron chi connectivity index (χ1n) is 9.53. The van der Waals surface area contributed by atoms with Crippen LogP contribution in [0.25, 0.3) is 0 Å². The molecule has 3 rings (SSSR count). The van der Waals surface area contributed by atoms with E-state index < -0.39 is 5.72 Å². The van der Waals surface area contributed by atoms with Crippen LogP contribution in [0, 0.1) is 12.8 Å². The number of nitrogens with two attached hydrogens (primary N) is 1. The van der Waals surface area contributed by atoms with Crippen LogP contribution >= 0.6 is 11.6 Å². The zero-order valence-corrected chi connectivity index (χ0v) is 17.2. The molecule has 1 heterocycles. The van der Waals surface area contributed by atoms with Crippen molar-refractivity contribution in [2.45, 2.75) is 39.3 Å². The Balaban J connectivity index is 2.15. The van der Waals surface area contributed by atoms with Crippen LogP contribution in [0.15, 0.2) is 53.6 Å². The van der Waals surface area contributed by atoms with Crippen molar-refractivity contribution in [3.05, 3.63) is 70.2 Å². The van der Waals surface area contributed by atoms with Crippen LogP contribution in [0.3, 0.4) is 0 Å². The molecule has 6 heteroatoms. The second-order valence-corrected chi connectivity index (χ2v) is 7.75. The van der Waals surface area contributed by atoms with E-state index in [1.807, 2.05) is 69.3 Å². The van der Waals surface area contributed by atoms with Gasteiger partial charge in [-0.3, -0.25) is 4.79 Å². The summed E-state index contributed by atoms with van der Waals surface area (Å²) < 4.78 is 6.48. The lowest BCUT2D eigenvalue weighted by atomic mass is 9.95. The van der Waals surface area contributed by atoms with Gasteiger partial charge in [0.1, 0.15) is 0 Å². The predicted molar refractivity (Wildman–Crippen MR) is 112 cm³/mol. The number of amides is 1. The molecule has 1 atom stereocenters. The summed E-state index contributed by atoms with van der Waals surface area (Å²) in [5.74, 6) is 0.0681. The summed E-state index contributed by atoms with van der Waals surface area (Å²) in [4.78, 5) is 13.1. The molecular formula is C22H26ClN3O2. The molecule has 5 nitrogen and oxygen atoms in total. The summed E-state index contributed by atoms with van der Waals surface area (Å²) >= 11 is 6.21. The lowest BCUT2D eigenvalue weighted by Crippen LogP contribution is -2.46. The highest BCUT2D eigenvalue weighted by Crippen LogP contribution is 2.41. The quantitative estimate of drug-likeness (QED) is 0.781. The number of hydrogen-bond acceptors (Lipinski definition) is 4. The molecule has 0 bridgehead atoms. The summed E-state index contributed by atoms with van der Waals surface area (Å²) in [5.41, 5.74) is 7.40. The summed E-state index contributed by atoms with van der Waals surface area (Å²) in [6.07, 6.45) is 1.23. The molecule has 0 fully saturated rings. The van der Waals surface area contributed by atoms with Crippen molar-refractivity contribution in [3.8, 4) is 0 Å². The van der Waals surface area contributed by atoms with Gasteiger partial charge in [-0.05, 0) is 37.6 Å². The van der Waals surface area contributed by atoms with Gasteiger partial charge in [-0.15, -0.1) is 5.10 Å². The van der Waals surface area contributed by atoms with E-state index in [0.717, 1.165) is 16.7 Å². The van der Waals surface area contributed by atoms with Crippen molar-refractivity contribution >= 4 is 23.4 Å². The van der Waals surface area contributed by atoms with E-state index in [-0.39, 0.29) is 11.8 Å². The number of ether oxygens (including phenoxy) is 1. The zero-order chi connectivity index (χ0) is 20.3. The maximum atomic E-state index is 13.1. The van der Waals surface area contributed by atoms with E-state index in [2.05, 4.69) is 5.10 Å². The van der Waals surface area contributed by atoms with Gasteiger partial charge in [-0.25, -0.2) is 0 Å². The topological polar surface area (TPSA) is 67.9 Å². The summed E-state index contributed by atoms with van der Waals surface area (Å²) in [7, 11) is 0. The van der Waals surface area contributed by atoms with Crippen molar-refractivity contribution < 1.29 is 9.53 Å². The monoisotopic (exact) mass is 399 g/mol. The van der Waals surface area contributed by atoms with Crippen LogP contribution in [0.1, 0.15) is 43.4 Å². The zero-order valence-electron chi connectivity index (χ0n) is 16.5. The maximum Gasteiger partial charge on any atom is 0.249 e. The minimum absolute atomic E-state index is 0.101. The van der Waals surface area contributed by atoms with Gasteiger partial charge in [0.25, 0.3) is 0 Å². The Kier molecular flexibility index (Phi) is 6.06. The maximum absolute atomic E-state index is 13.1. The summed E-state index contributed by atoms with van der Waals surface area (Å²) in [6, 6.07) is 15.3. The minimum Gasteiger partial charge on any atom is -0.443 e. The fourth-order valence-corrected chi connectivity index (χ4v) is 3.50. The van der Waals surface area contributed by atoms with Crippen molar-refractivity contribution in [3.63, 3.8) is 0 Å². The molecule has 2 aromatic carbocycles. The Morgan fingerprint density at radius 3 is 2.61 bits per heavy atom. The smallest absolute Gasteiger partial charge is 0.249 e. The van der Waals surface area contributed by atoms with Gasteiger partial charge in [0.15, 0.2) is 0 Å². The molecule has 0 spiro atoms. The Morgan fingerprint density at radius 2 is 1.96 bits per heavy atom. The van der Waals surface area contributed by atoms with Crippen molar-refractivity contribution in [2.24, 2.45) is 16.8 Å². The Morgan fingerprint density at radius 1 is 1.25 bits per heavy atom. The number of halogens is 1. The Bertz CT molecular complexity index is 883. The number of carbonyl (C=O) groups is 1. The molecule has 0 saturated heterocycles. The third kappa shape index (κ3) is 3.77. The molecule has 0 radical (unpaired) electrons. The molecule has 0 aromatic heterocycles. The van der Waals surface area contributed by atoms with Gasteiger partial charge in [-0.2, -0.15) is 5.01 Å². The molecule has 0 aliphatic carbocycles. The third-order valence-corrected chi connectivity index (χ3v) is 5.11. The average Bonchev–Trinajstić information content (AvgIpc) is 3.08. The second kappa shape index (κ2) is 8.33. The molecule has 1 aliphatic rings. The van der Waals surface area contributed by atoms with Gasteiger partial charge >= 0.3 is 0 Å². The van der Waals surface area contributed by atoms with Crippen LogP contribution in [0.5, 0.6) is 0 Å². The van der Waals surface area contributed by atoms with Gasteiger partial charge in [-0.1, -0.05) is 61.8 Å². The highest BCUT2D eigenvalue weighted by Gasteiger charge is 2.50. The first-order valence-corrected chi connectivity index (χ1v) is 9.90. The third-order valence-electron chi connectivity index (χ3n) is 4.88. The summed E-state index contributed by atoms with van der Waals surface area (Å²) in [5, 5.41) is 6.73. The van der Waals surface area contributed by atoms with E-state index in [0.29, 0.717) is 30.3 Å². The molecule has 148 valence electrons. The molecule has 2 N–H and O–H groups in total. The van der Waals surface area contributed by atoms with E-state index >= 15 is 0 Å². The molecule has 1 aliphatic heterocycles. The van der Waals surface area contributed by atoms with Crippen LogP contribution in [0.2, 0.25) is 5.02 Å². The van der Waals surface area contributed by atoms with Crippen molar-refractivity contribution in [1.29, 1.82) is 0 Å². The average molecular weight is 400 g/mol. The first-order chi connectivity index (χ1) is 13.4. The Labute approximate surface area is 171 Å². The van der Waals surface area contributed by atoms with Crippen LogP contribution < -0.4 is 5.73 Å². The van der Waals surface area contributed by atoms with E-state index in [9.17, 15) is 4.79 Å². The van der Waals surface area contributed by atoms with Gasteiger partial charge in [0.2, 0.25) is 17.5 Å². The minimum atomic E-state index is -1.02. The number of hydrogen-bond donors (Lipinski definition) is 1. The largest absolute Gasteiger partial charge is 0.443 e. The number of benzene rings is 2. The second-order valence-electron chi connectivity index (χ2n) is 7.31. The van der Waals surface area contributed by atoms with Crippen LogP contribution in [0.4, 0.5) is 0 Å². The molecule has 28 heavy (non-hydrogen) atoms. The number of carbonyl (C=O) groups excluding carboxylic acids is 1. The predicted octanol–water partition coefficient (Wildman–Crippen LogP) is 4.42. The highest BCUT2D eigenvalue weighted by molar-refractivity contribution is 6.31. The van der Waals surface area contributed by atoms with Crippen molar-refractivity contribution in [1.82, 2.24) is 5.01 Å². The van der Waals surface area contributed by atoms with Crippen LogP contribution in [-0.4, -0.2) is 23.4 Å². The van der Waals surface area contributed by atoms with Gasteiger partial charge < -0.3 is 10.5 Å². The Hall–Kier alpha value is -2.37. The summed E-state index contributed by atoms with van der Waals surface area (Å²) in [6.45, 7) is 6.18. The molecule has 2 aromatic rings. The van der Waals surface area contributed by atoms with E-state index in [1.165, 1.54) is 5.01 Å². The highest BCUT2D eigenvalue weighted by atomic mass is 35.5. The van der Waals surface area contributed by atoms with Crippen molar-refractivity contribution in [2.75, 3.05) is 6.54 Å². The van der Waals surface area contributed by atoms with Crippen LogP contribution in [-0.2, 0) is 15.3 Å². The van der Waals surface area contributed by atoms with Gasteiger partial charge in [0.05, 0.1) is 0 Å². The standard InChI is InChI=1S/C22H26ClN3O2/c1-15(2)21(27)26-22(12-7-13-24,17-8-5-4-6-9-17)28-20(25-26)19-14-18(23)11-10-16(19)3/h4-6,8-11,14-15H,7,12-13,24H2,1-3H3. The molecular weight excluding hydrogens is 374 g/mol. The number of aryl methyl sites for hydroxylation is 1. The number of nitrogens with zero attached hydrogens (tertiary/aromatic N) is 2. The molecule has 0 saturated carbocycles. The first kappa shape index (κ1) is 20.4.